The molecule has 0 aromatic carbocycles. The van der Waals surface area contributed by atoms with Gasteiger partial charge in [0.2, 0.25) is 5.91 Å². The quantitative estimate of drug-likeness (QED) is 0.394. The molecular weight excluding hydrogens is 403 g/mol. The Hall–Kier alpha value is -0.530. The monoisotopic (exact) mass is 438 g/mol. The molecule has 1 aliphatic rings. The van der Waals surface area contributed by atoms with E-state index in [1.807, 2.05) is 0 Å². The van der Waals surface area contributed by atoms with Crippen LogP contribution in [0.25, 0.3) is 0 Å². The topological polar surface area (TPSA) is 47.9 Å². The molecule has 1 heterocycles. The number of hydrogen-bond acceptors (Lipinski definition) is 2. The van der Waals surface area contributed by atoms with Crippen LogP contribution < -0.4 is 5.32 Å². The zero-order valence-corrected chi connectivity index (χ0v) is 18.0. The molecule has 1 fully saturated rings. The summed E-state index contributed by atoms with van der Waals surface area (Å²) in [6, 6.07) is 0.373. The van der Waals surface area contributed by atoms with Gasteiger partial charge < -0.3 is 15.1 Å². The minimum Gasteiger partial charge on any atom is -0.354 e. The summed E-state index contributed by atoms with van der Waals surface area (Å²) in [6.07, 6.45) is 3.54. The van der Waals surface area contributed by atoms with Crippen LogP contribution in [-0.2, 0) is 4.79 Å². The van der Waals surface area contributed by atoms with Crippen molar-refractivity contribution in [3.63, 3.8) is 0 Å². The largest absolute Gasteiger partial charge is 0.354 e. The lowest BCUT2D eigenvalue weighted by atomic mass is 9.97. The van der Waals surface area contributed by atoms with E-state index >= 15 is 0 Å². The molecule has 1 aliphatic heterocycles. The van der Waals surface area contributed by atoms with Crippen LogP contribution in [0, 0.1) is 11.8 Å². The Kier molecular flexibility index (Phi) is 10.8. The molecular formula is C17H35IN4O. The average molecular weight is 438 g/mol. The number of likely N-dealkylation sites (N-methyl/N-ethyl adjacent to an activating group) is 1. The predicted octanol–water partition coefficient (Wildman–Crippen LogP) is 2.80. The van der Waals surface area contributed by atoms with E-state index in [2.05, 4.69) is 42.9 Å². The molecule has 0 aromatic rings. The summed E-state index contributed by atoms with van der Waals surface area (Å²) in [5, 5.41) is 3.48. The van der Waals surface area contributed by atoms with Crippen LogP contribution in [0.2, 0.25) is 0 Å². The second-order valence-electron chi connectivity index (χ2n) is 7.11. The minimum absolute atomic E-state index is 0. The van der Waals surface area contributed by atoms with Gasteiger partial charge in [-0.05, 0) is 38.0 Å². The van der Waals surface area contributed by atoms with E-state index in [9.17, 15) is 4.79 Å². The summed E-state index contributed by atoms with van der Waals surface area (Å²) < 4.78 is 0. The van der Waals surface area contributed by atoms with Crippen molar-refractivity contribution in [1.29, 1.82) is 0 Å². The molecule has 0 saturated carbocycles. The summed E-state index contributed by atoms with van der Waals surface area (Å²) in [4.78, 5) is 20.3. The first-order valence-corrected chi connectivity index (χ1v) is 8.59. The molecule has 0 bridgehead atoms. The summed E-state index contributed by atoms with van der Waals surface area (Å²) in [7, 11) is 3.54. The molecule has 0 aromatic heterocycles. The van der Waals surface area contributed by atoms with Gasteiger partial charge in [0.15, 0.2) is 5.96 Å². The third-order valence-electron chi connectivity index (χ3n) is 4.24. The number of carbonyl (C=O) groups is 1. The van der Waals surface area contributed by atoms with Crippen molar-refractivity contribution in [1.82, 2.24) is 15.1 Å². The van der Waals surface area contributed by atoms with E-state index in [1.54, 1.807) is 19.0 Å². The van der Waals surface area contributed by atoms with Crippen molar-refractivity contribution in [2.45, 2.75) is 53.0 Å². The number of halogens is 1. The highest BCUT2D eigenvalue weighted by atomic mass is 127. The first-order valence-electron chi connectivity index (χ1n) is 8.59. The van der Waals surface area contributed by atoms with E-state index in [0.29, 0.717) is 6.04 Å². The van der Waals surface area contributed by atoms with Gasteiger partial charge in [-0.25, -0.2) is 4.99 Å². The predicted molar refractivity (Wildman–Crippen MR) is 108 cm³/mol. The van der Waals surface area contributed by atoms with Crippen molar-refractivity contribution < 1.29 is 4.79 Å². The van der Waals surface area contributed by atoms with Crippen molar-refractivity contribution in [3.8, 4) is 0 Å². The van der Waals surface area contributed by atoms with Crippen LogP contribution in [0.1, 0.15) is 47.0 Å². The number of likely N-dealkylation sites (tertiary alicyclic amines) is 1. The molecule has 0 spiro atoms. The van der Waals surface area contributed by atoms with E-state index in [-0.39, 0.29) is 36.4 Å². The van der Waals surface area contributed by atoms with E-state index < -0.39 is 0 Å². The van der Waals surface area contributed by atoms with Gasteiger partial charge in [0, 0.05) is 33.2 Å². The van der Waals surface area contributed by atoms with Gasteiger partial charge in [0.05, 0.1) is 0 Å². The number of rotatable bonds is 6. The number of aliphatic imine (C=N–C) groups is 1. The van der Waals surface area contributed by atoms with Gasteiger partial charge in [0.25, 0.3) is 0 Å². The molecule has 2 atom stereocenters. The number of carbonyl (C=O) groups excluding carboxylic acids is 1. The molecule has 136 valence electrons. The lowest BCUT2D eigenvalue weighted by Gasteiger charge is -2.25. The summed E-state index contributed by atoms with van der Waals surface area (Å²) in [6.45, 7) is 11.2. The molecule has 5 nitrogen and oxygen atoms in total. The Balaban J connectivity index is 0.00000484. The maximum absolute atomic E-state index is 11.8. The Labute approximate surface area is 159 Å². The maximum atomic E-state index is 11.8. The summed E-state index contributed by atoms with van der Waals surface area (Å²) >= 11 is 0. The van der Waals surface area contributed by atoms with Crippen molar-refractivity contribution in [2.24, 2.45) is 16.8 Å². The smallest absolute Gasteiger partial charge is 0.243 e. The number of guanidine groups is 1. The Morgan fingerprint density at radius 2 is 2.00 bits per heavy atom. The normalized spacial score (nSPS) is 19.5. The Morgan fingerprint density at radius 3 is 2.52 bits per heavy atom. The van der Waals surface area contributed by atoms with Crippen molar-refractivity contribution in [2.75, 3.05) is 33.7 Å². The van der Waals surface area contributed by atoms with Gasteiger partial charge in [-0.3, -0.25) is 4.79 Å². The van der Waals surface area contributed by atoms with Gasteiger partial charge in [-0.1, -0.05) is 20.8 Å². The SMILES string of the molecule is CCC(C)NC(=NCC(=O)N(C)C)N1CCC(CC(C)C)C1.I. The van der Waals surface area contributed by atoms with Crippen molar-refractivity contribution >= 4 is 35.8 Å². The Bertz CT molecular complexity index is 385. The van der Waals surface area contributed by atoms with Gasteiger partial charge >= 0.3 is 0 Å². The second kappa shape index (κ2) is 11.1. The number of amides is 1. The molecule has 23 heavy (non-hydrogen) atoms. The first kappa shape index (κ1) is 22.5. The average Bonchev–Trinajstić information content (AvgIpc) is 2.89. The molecule has 1 N–H and O–H groups in total. The molecule has 0 radical (unpaired) electrons. The fraction of sp³-hybridized carbons (Fsp3) is 0.882. The van der Waals surface area contributed by atoms with Crippen LogP contribution >= 0.6 is 24.0 Å². The van der Waals surface area contributed by atoms with Crippen LogP contribution in [0.4, 0.5) is 0 Å². The molecule has 2 unspecified atom stereocenters. The van der Waals surface area contributed by atoms with E-state index in [0.717, 1.165) is 37.3 Å². The zero-order valence-electron chi connectivity index (χ0n) is 15.6. The highest BCUT2D eigenvalue weighted by Crippen LogP contribution is 2.23. The standard InChI is InChI=1S/C17H34N4O.HI/c1-7-14(4)19-17(18-11-16(22)20(5)6)21-9-8-15(12-21)10-13(2)3;/h13-15H,7-12H2,1-6H3,(H,18,19);1H. The van der Waals surface area contributed by atoms with Gasteiger partial charge in [-0.15, -0.1) is 24.0 Å². The van der Waals surface area contributed by atoms with E-state index in [4.69, 9.17) is 0 Å². The summed E-state index contributed by atoms with van der Waals surface area (Å²) in [5.41, 5.74) is 0. The van der Waals surface area contributed by atoms with Crippen LogP contribution in [0.3, 0.4) is 0 Å². The molecule has 1 amide bonds. The lowest BCUT2D eigenvalue weighted by Crippen LogP contribution is -2.44. The zero-order chi connectivity index (χ0) is 16.7. The highest BCUT2D eigenvalue weighted by Gasteiger charge is 2.26. The van der Waals surface area contributed by atoms with Gasteiger partial charge in [-0.2, -0.15) is 0 Å². The molecule has 1 rings (SSSR count). The van der Waals surface area contributed by atoms with Crippen LogP contribution in [0.5, 0.6) is 0 Å². The minimum atomic E-state index is 0. The molecule has 6 heteroatoms. The first-order chi connectivity index (χ1) is 10.3. The molecule has 0 aliphatic carbocycles. The number of nitrogens with zero attached hydrogens (tertiary/aromatic N) is 3. The number of nitrogens with one attached hydrogen (secondary N) is 1. The number of hydrogen-bond donors (Lipinski definition) is 1. The van der Waals surface area contributed by atoms with Crippen LogP contribution in [-0.4, -0.2) is 61.4 Å². The summed E-state index contributed by atoms with van der Waals surface area (Å²) in [5.74, 6) is 2.42. The Morgan fingerprint density at radius 1 is 1.35 bits per heavy atom. The van der Waals surface area contributed by atoms with Crippen LogP contribution in [0.15, 0.2) is 4.99 Å². The van der Waals surface area contributed by atoms with Gasteiger partial charge in [0.1, 0.15) is 6.54 Å². The van der Waals surface area contributed by atoms with Crippen molar-refractivity contribution in [3.05, 3.63) is 0 Å². The fourth-order valence-electron chi connectivity index (χ4n) is 2.73. The maximum Gasteiger partial charge on any atom is 0.243 e. The molecule has 1 saturated heterocycles. The van der Waals surface area contributed by atoms with E-state index in [1.165, 1.54) is 12.8 Å². The second-order valence-corrected chi connectivity index (χ2v) is 7.11. The lowest BCUT2D eigenvalue weighted by molar-refractivity contribution is -0.127. The third kappa shape index (κ3) is 8.22. The highest BCUT2D eigenvalue weighted by molar-refractivity contribution is 14.0. The fourth-order valence-corrected chi connectivity index (χ4v) is 2.73. The third-order valence-corrected chi connectivity index (χ3v) is 4.24.